The summed E-state index contributed by atoms with van der Waals surface area (Å²) in [6, 6.07) is 7.22. The number of hydrogen-bond acceptors (Lipinski definition) is 4. The lowest BCUT2D eigenvalue weighted by Crippen LogP contribution is -2.40. The van der Waals surface area contributed by atoms with Crippen molar-refractivity contribution in [3.63, 3.8) is 0 Å². The Balaban J connectivity index is 0.00000338. The maximum absolute atomic E-state index is 11.9. The van der Waals surface area contributed by atoms with Gasteiger partial charge < -0.3 is 16.0 Å². The number of benzene rings is 1. The van der Waals surface area contributed by atoms with Gasteiger partial charge in [0.25, 0.3) is 0 Å². The lowest BCUT2D eigenvalue weighted by atomic mass is 10.2. The second kappa shape index (κ2) is 10.9. The van der Waals surface area contributed by atoms with Gasteiger partial charge in [-0.05, 0) is 24.1 Å². The van der Waals surface area contributed by atoms with Gasteiger partial charge in [0.05, 0.1) is 11.5 Å². The van der Waals surface area contributed by atoms with Crippen LogP contribution in [0.3, 0.4) is 0 Å². The number of carbonyl (C=O) groups is 1. The highest BCUT2D eigenvalue weighted by Crippen LogP contribution is 2.11. The van der Waals surface area contributed by atoms with Gasteiger partial charge in [0.15, 0.2) is 15.8 Å². The quantitative estimate of drug-likeness (QED) is 0.302. The van der Waals surface area contributed by atoms with Crippen LogP contribution in [-0.4, -0.2) is 51.4 Å². The highest BCUT2D eigenvalue weighted by molar-refractivity contribution is 14.0. The van der Waals surface area contributed by atoms with Crippen LogP contribution in [0.5, 0.6) is 0 Å². The molecule has 26 heavy (non-hydrogen) atoms. The highest BCUT2D eigenvalue weighted by atomic mass is 127. The van der Waals surface area contributed by atoms with E-state index in [1.807, 2.05) is 24.3 Å². The van der Waals surface area contributed by atoms with E-state index in [1.165, 1.54) is 0 Å². The van der Waals surface area contributed by atoms with Crippen LogP contribution in [0.1, 0.15) is 18.4 Å². The molecule has 2 rings (SSSR count). The standard InChI is InChI=1S/C16H23ClN4O3S.HI/c1-18-16(20-10-12-2-4-13(17)5-3-12)19-8-6-15(22)21-14-7-9-25(23,24)11-14;/h2-5,14H,6-11H2,1H3,(H,21,22)(H2,18,19,20);1H. The van der Waals surface area contributed by atoms with Crippen LogP contribution in [0.15, 0.2) is 29.3 Å². The number of sulfone groups is 1. The Morgan fingerprint density at radius 3 is 2.54 bits per heavy atom. The van der Waals surface area contributed by atoms with Crippen LogP contribution < -0.4 is 16.0 Å². The first-order valence-corrected chi connectivity index (χ1v) is 10.3. The predicted molar refractivity (Wildman–Crippen MR) is 115 cm³/mol. The third-order valence-electron chi connectivity index (χ3n) is 3.84. The van der Waals surface area contributed by atoms with E-state index in [1.54, 1.807) is 7.05 Å². The van der Waals surface area contributed by atoms with E-state index in [9.17, 15) is 13.2 Å². The van der Waals surface area contributed by atoms with Gasteiger partial charge in [-0.25, -0.2) is 8.42 Å². The van der Waals surface area contributed by atoms with Crippen molar-refractivity contribution in [3.8, 4) is 0 Å². The Bertz CT molecular complexity index is 726. The molecule has 1 amide bonds. The van der Waals surface area contributed by atoms with Gasteiger partial charge in [-0.15, -0.1) is 24.0 Å². The minimum absolute atomic E-state index is 0. The Morgan fingerprint density at radius 1 is 1.27 bits per heavy atom. The summed E-state index contributed by atoms with van der Waals surface area (Å²) in [5, 5.41) is 9.65. The number of guanidine groups is 1. The fourth-order valence-electron chi connectivity index (χ4n) is 2.51. The van der Waals surface area contributed by atoms with Gasteiger partial charge in [0.2, 0.25) is 5.91 Å². The van der Waals surface area contributed by atoms with Gasteiger partial charge in [-0.1, -0.05) is 23.7 Å². The Hall–Kier alpha value is -1.07. The zero-order valence-electron chi connectivity index (χ0n) is 14.5. The molecule has 1 saturated heterocycles. The number of nitrogens with zero attached hydrogens (tertiary/aromatic N) is 1. The minimum atomic E-state index is -2.98. The maximum atomic E-state index is 11.9. The number of carbonyl (C=O) groups excluding carboxylic acids is 1. The average Bonchev–Trinajstić information content (AvgIpc) is 2.90. The molecule has 1 aliphatic heterocycles. The first-order valence-electron chi connectivity index (χ1n) is 8.07. The Kier molecular flexibility index (Phi) is 9.66. The van der Waals surface area contributed by atoms with Gasteiger partial charge in [0, 0.05) is 37.6 Å². The summed E-state index contributed by atoms with van der Waals surface area (Å²) >= 11 is 5.85. The van der Waals surface area contributed by atoms with Crippen molar-refractivity contribution in [3.05, 3.63) is 34.9 Å². The first-order chi connectivity index (χ1) is 11.9. The number of aliphatic imine (C=N–C) groups is 1. The van der Waals surface area contributed by atoms with Crippen LogP contribution in [0.2, 0.25) is 5.02 Å². The molecule has 0 radical (unpaired) electrons. The van der Waals surface area contributed by atoms with Crippen molar-refractivity contribution >= 4 is 57.3 Å². The van der Waals surface area contributed by atoms with E-state index in [0.717, 1.165) is 5.56 Å². The van der Waals surface area contributed by atoms with E-state index in [0.29, 0.717) is 30.5 Å². The lowest BCUT2D eigenvalue weighted by molar-refractivity contribution is -0.121. The maximum Gasteiger partial charge on any atom is 0.222 e. The van der Waals surface area contributed by atoms with Crippen molar-refractivity contribution in [1.82, 2.24) is 16.0 Å². The fourth-order valence-corrected chi connectivity index (χ4v) is 4.31. The van der Waals surface area contributed by atoms with E-state index in [4.69, 9.17) is 11.6 Å². The molecule has 0 saturated carbocycles. The largest absolute Gasteiger partial charge is 0.356 e. The molecule has 0 bridgehead atoms. The van der Waals surface area contributed by atoms with Crippen LogP contribution >= 0.6 is 35.6 Å². The molecule has 0 spiro atoms. The molecule has 7 nitrogen and oxygen atoms in total. The first kappa shape index (κ1) is 23.0. The van der Waals surface area contributed by atoms with Crippen molar-refractivity contribution < 1.29 is 13.2 Å². The molecule has 10 heteroatoms. The Morgan fingerprint density at radius 2 is 1.96 bits per heavy atom. The van der Waals surface area contributed by atoms with Crippen molar-refractivity contribution in [1.29, 1.82) is 0 Å². The molecule has 3 N–H and O–H groups in total. The molecule has 1 unspecified atom stereocenters. The molecule has 1 atom stereocenters. The van der Waals surface area contributed by atoms with Crippen molar-refractivity contribution in [2.24, 2.45) is 4.99 Å². The zero-order chi connectivity index (χ0) is 18.3. The number of nitrogens with one attached hydrogen (secondary N) is 3. The van der Waals surface area contributed by atoms with Crippen molar-refractivity contribution in [2.75, 3.05) is 25.1 Å². The lowest BCUT2D eigenvalue weighted by Gasteiger charge is -2.13. The summed E-state index contributed by atoms with van der Waals surface area (Å²) in [4.78, 5) is 16.0. The fraction of sp³-hybridized carbons (Fsp3) is 0.500. The molecule has 1 aromatic rings. The monoisotopic (exact) mass is 514 g/mol. The van der Waals surface area contributed by atoms with E-state index in [2.05, 4.69) is 20.9 Å². The normalized spacial score (nSPS) is 18.7. The summed E-state index contributed by atoms with van der Waals surface area (Å²) in [5.41, 5.74) is 1.06. The van der Waals surface area contributed by atoms with Crippen LogP contribution in [0.4, 0.5) is 0 Å². The minimum Gasteiger partial charge on any atom is -0.356 e. The summed E-state index contributed by atoms with van der Waals surface area (Å²) in [6.07, 6.45) is 0.740. The van der Waals surface area contributed by atoms with Crippen LogP contribution in [0.25, 0.3) is 0 Å². The second-order valence-corrected chi connectivity index (χ2v) is 8.56. The summed E-state index contributed by atoms with van der Waals surface area (Å²) in [6.45, 7) is 0.995. The molecule has 146 valence electrons. The van der Waals surface area contributed by atoms with Gasteiger partial charge >= 0.3 is 0 Å². The number of amides is 1. The van der Waals surface area contributed by atoms with Crippen LogP contribution in [0, 0.1) is 0 Å². The molecule has 1 aromatic carbocycles. The topological polar surface area (TPSA) is 99.7 Å². The average molecular weight is 515 g/mol. The van der Waals surface area contributed by atoms with E-state index in [-0.39, 0.29) is 53.9 Å². The van der Waals surface area contributed by atoms with Crippen molar-refractivity contribution in [2.45, 2.75) is 25.4 Å². The Labute approximate surface area is 176 Å². The summed E-state index contributed by atoms with van der Waals surface area (Å²) < 4.78 is 22.8. The molecular formula is C16H24ClIN4O3S. The third-order valence-corrected chi connectivity index (χ3v) is 5.86. The summed E-state index contributed by atoms with van der Waals surface area (Å²) in [5.74, 6) is 0.613. The smallest absolute Gasteiger partial charge is 0.222 e. The molecule has 0 aliphatic carbocycles. The molecule has 1 heterocycles. The SMILES string of the molecule is CN=C(NCCC(=O)NC1CCS(=O)(=O)C1)NCc1ccc(Cl)cc1.I. The van der Waals surface area contributed by atoms with Gasteiger partial charge in [-0.3, -0.25) is 9.79 Å². The molecule has 1 aliphatic rings. The van der Waals surface area contributed by atoms with Gasteiger partial charge in [-0.2, -0.15) is 0 Å². The highest BCUT2D eigenvalue weighted by Gasteiger charge is 2.28. The summed E-state index contributed by atoms with van der Waals surface area (Å²) in [7, 11) is -1.33. The van der Waals surface area contributed by atoms with Crippen LogP contribution in [-0.2, 0) is 21.2 Å². The van der Waals surface area contributed by atoms with E-state index >= 15 is 0 Å². The number of halogens is 2. The zero-order valence-corrected chi connectivity index (χ0v) is 18.4. The third kappa shape index (κ3) is 8.09. The molecule has 1 fully saturated rings. The molecule has 0 aromatic heterocycles. The number of rotatable bonds is 6. The number of hydrogen-bond donors (Lipinski definition) is 3. The van der Waals surface area contributed by atoms with Gasteiger partial charge in [0.1, 0.15) is 0 Å². The second-order valence-electron chi connectivity index (χ2n) is 5.90. The molecular weight excluding hydrogens is 491 g/mol. The predicted octanol–water partition coefficient (Wildman–Crippen LogP) is 1.32. The van der Waals surface area contributed by atoms with E-state index < -0.39 is 9.84 Å².